The molecule has 0 aliphatic heterocycles. The van der Waals surface area contributed by atoms with Gasteiger partial charge in [-0.2, -0.15) is 0 Å². The van der Waals surface area contributed by atoms with Crippen LogP contribution in [0.2, 0.25) is 0 Å². The summed E-state index contributed by atoms with van der Waals surface area (Å²) in [6.07, 6.45) is 3.78. The van der Waals surface area contributed by atoms with Crippen molar-refractivity contribution in [2.75, 3.05) is 0 Å². The molecule has 2 aromatic heterocycles. The largest absolute Gasteiger partial charge is 0.460 e. The minimum atomic E-state index is 0.395. The van der Waals surface area contributed by atoms with Gasteiger partial charge in [0, 0.05) is 33.7 Å². The molecule has 0 saturated heterocycles. The van der Waals surface area contributed by atoms with Crippen LogP contribution in [0.5, 0.6) is 0 Å². The number of aliphatic imine (C=N–C) groups is 2. The lowest BCUT2D eigenvalue weighted by Crippen LogP contribution is -2.19. The van der Waals surface area contributed by atoms with Gasteiger partial charge in [0.25, 0.3) is 0 Å². The molecule has 0 atom stereocenters. The molecule has 2 heterocycles. The molecule has 6 aromatic carbocycles. The van der Waals surface area contributed by atoms with Crippen LogP contribution in [0.25, 0.3) is 60.7 Å². The lowest BCUT2D eigenvalue weighted by Gasteiger charge is -2.14. The van der Waals surface area contributed by atoms with Gasteiger partial charge in [-0.25, -0.2) is 4.99 Å². The molecule has 1 aliphatic carbocycles. The van der Waals surface area contributed by atoms with E-state index in [4.69, 9.17) is 24.6 Å². The lowest BCUT2D eigenvalue weighted by atomic mass is 9.92. The van der Waals surface area contributed by atoms with Crippen molar-refractivity contribution in [2.45, 2.75) is 19.4 Å². The minimum Gasteiger partial charge on any atom is -0.460 e. The molecule has 240 valence electrons. The quantitative estimate of drug-likeness (QED) is 0.144. The molecular weight excluding hydrogens is 615 g/mol. The smallest absolute Gasteiger partial charge is 0.161 e. The molecule has 9 rings (SSSR count). The Morgan fingerprint density at radius 3 is 2.08 bits per heavy atom. The molecule has 2 N–H and O–H groups in total. The van der Waals surface area contributed by atoms with Crippen LogP contribution in [0.4, 0.5) is 0 Å². The molecule has 0 radical (unpaired) electrons. The minimum absolute atomic E-state index is 0.395. The number of hydrogen-bond acceptors (Lipinski definition) is 3. The van der Waals surface area contributed by atoms with E-state index in [-0.39, 0.29) is 0 Å². The van der Waals surface area contributed by atoms with Crippen LogP contribution < -0.4 is 5.73 Å². The number of nitrogens with two attached hydrogens (primary N) is 1. The van der Waals surface area contributed by atoms with Gasteiger partial charge in [-0.15, -0.1) is 0 Å². The SMILES string of the molecule is NC(=NC(=NCc1ccccc1)c1cccc2c1oc1ccccc12)C1=CCCc2oc3ccc(-c4ccc(-c5ccccc5)cc4)cc3c21. The second-order valence-electron chi connectivity index (χ2n) is 12.6. The van der Waals surface area contributed by atoms with Crippen LogP contribution in [0.3, 0.4) is 0 Å². The van der Waals surface area contributed by atoms with Crippen molar-refractivity contribution in [3.8, 4) is 22.3 Å². The zero-order valence-corrected chi connectivity index (χ0v) is 27.3. The van der Waals surface area contributed by atoms with E-state index >= 15 is 0 Å². The van der Waals surface area contributed by atoms with Crippen molar-refractivity contribution in [3.05, 3.63) is 174 Å². The Hall–Kier alpha value is -6.46. The maximum absolute atomic E-state index is 6.99. The van der Waals surface area contributed by atoms with Crippen molar-refractivity contribution >= 4 is 50.2 Å². The molecule has 0 unspecified atom stereocenters. The van der Waals surface area contributed by atoms with Gasteiger partial charge in [0.15, 0.2) is 5.84 Å². The topological polar surface area (TPSA) is 77.0 Å². The molecular formula is C45H33N3O2. The molecule has 8 aromatic rings. The van der Waals surface area contributed by atoms with Gasteiger partial charge in [0.2, 0.25) is 0 Å². The average molecular weight is 648 g/mol. The number of amidine groups is 2. The number of para-hydroxylation sites is 2. The first kappa shape index (κ1) is 29.7. The van der Waals surface area contributed by atoms with E-state index in [1.54, 1.807) is 0 Å². The molecule has 0 saturated carbocycles. The average Bonchev–Trinajstić information content (AvgIpc) is 3.75. The van der Waals surface area contributed by atoms with Crippen molar-refractivity contribution < 1.29 is 8.83 Å². The number of furan rings is 2. The zero-order chi connectivity index (χ0) is 33.4. The fourth-order valence-corrected chi connectivity index (χ4v) is 7.00. The molecule has 5 heteroatoms. The second-order valence-corrected chi connectivity index (χ2v) is 12.6. The molecule has 0 fully saturated rings. The maximum atomic E-state index is 6.99. The number of rotatable bonds is 6. The summed E-state index contributed by atoms with van der Waals surface area (Å²) in [5.74, 6) is 1.84. The summed E-state index contributed by atoms with van der Waals surface area (Å²) < 4.78 is 12.8. The number of nitrogens with zero attached hydrogens (tertiary/aromatic N) is 2. The number of allylic oxidation sites excluding steroid dienone is 1. The van der Waals surface area contributed by atoms with Gasteiger partial charge in [-0.3, -0.25) is 4.99 Å². The van der Waals surface area contributed by atoms with E-state index in [1.807, 2.05) is 54.6 Å². The maximum Gasteiger partial charge on any atom is 0.161 e. The van der Waals surface area contributed by atoms with Crippen LogP contribution in [0.15, 0.2) is 170 Å². The van der Waals surface area contributed by atoms with Gasteiger partial charge in [0.1, 0.15) is 28.3 Å². The normalized spacial score (nSPS) is 13.6. The van der Waals surface area contributed by atoms with Gasteiger partial charge in [0.05, 0.1) is 12.1 Å². The van der Waals surface area contributed by atoms with E-state index in [0.717, 1.165) is 84.9 Å². The first-order chi connectivity index (χ1) is 24.7. The standard InChI is InChI=1S/C45H33N3O2/c46-44(48-45(47-28-29-11-3-1-4-12-29)37-18-9-16-35-34-15-7-8-19-39(34)50-43(35)37)36-17-10-20-41-42(36)38-27-33(25-26-40(38)49-41)32-23-21-31(22-24-32)30-13-5-2-6-14-30/h1-9,11-19,21-27H,10,20,28H2,(H2,46,47,48). The summed E-state index contributed by atoms with van der Waals surface area (Å²) in [6.45, 7) is 0.453. The van der Waals surface area contributed by atoms with Gasteiger partial charge in [-0.1, -0.05) is 127 Å². The predicted molar refractivity (Wildman–Crippen MR) is 205 cm³/mol. The first-order valence-electron chi connectivity index (χ1n) is 16.9. The molecule has 1 aliphatic rings. The summed E-state index contributed by atoms with van der Waals surface area (Å²) in [5.41, 5.74) is 17.8. The van der Waals surface area contributed by atoms with Crippen LogP contribution >= 0.6 is 0 Å². The van der Waals surface area contributed by atoms with Gasteiger partial charge in [-0.05, 0) is 58.5 Å². The third-order valence-electron chi connectivity index (χ3n) is 9.48. The predicted octanol–water partition coefficient (Wildman–Crippen LogP) is 11.0. The number of hydrogen-bond donors (Lipinski definition) is 1. The van der Waals surface area contributed by atoms with E-state index in [1.165, 1.54) is 11.1 Å². The van der Waals surface area contributed by atoms with Gasteiger partial charge < -0.3 is 14.6 Å². The summed E-state index contributed by atoms with van der Waals surface area (Å²) in [6, 6.07) is 49.9. The number of benzene rings is 6. The van der Waals surface area contributed by atoms with E-state index in [9.17, 15) is 0 Å². The van der Waals surface area contributed by atoms with Crippen LogP contribution in [0.1, 0.15) is 28.9 Å². The highest BCUT2D eigenvalue weighted by Gasteiger charge is 2.24. The number of fused-ring (bicyclic) bond motifs is 6. The summed E-state index contributed by atoms with van der Waals surface area (Å²) >= 11 is 0. The summed E-state index contributed by atoms with van der Waals surface area (Å²) in [5, 5.41) is 3.10. The van der Waals surface area contributed by atoms with E-state index in [2.05, 4.69) is 97.1 Å². The molecule has 0 bridgehead atoms. The Labute approximate surface area is 289 Å². The van der Waals surface area contributed by atoms with Crippen LogP contribution in [0, 0.1) is 0 Å². The van der Waals surface area contributed by atoms with Crippen molar-refractivity contribution in [3.63, 3.8) is 0 Å². The molecule has 0 spiro atoms. The van der Waals surface area contributed by atoms with Crippen molar-refractivity contribution in [2.24, 2.45) is 15.7 Å². The van der Waals surface area contributed by atoms with Crippen molar-refractivity contribution in [1.82, 2.24) is 0 Å². The third kappa shape index (κ3) is 5.39. The Morgan fingerprint density at radius 1 is 0.600 bits per heavy atom. The fraction of sp³-hybridized carbons (Fsp3) is 0.0667. The lowest BCUT2D eigenvalue weighted by molar-refractivity contribution is 0.546. The monoisotopic (exact) mass is 647 g/mol. The second kappa shape index (κ2) is 12.5. The van der Waals surface area contributed by atoms with Crippen LogP contribution in [-0.2, 0) is 13.0 Å². The Morgan fingerprint density at radius 2 is 1.26 bits per heavy atom. The molecule has 0 amide bonds. The molecule has 5 nitrogen and oxygen atoms in total. The highest BCUT2D eigenvalue weighted by atomic mass is 16.3. The Kier molecular flexibility index (Phi) is 7.43. The highest BCUT2D eigenvalue weighted by Crippen LogP contribution is 2.39. The summed E-state index contributed by atoms with van der Waals surface area (Å²) in [4.78, 5) is 10.1. The van der Waals surface area contributed by atoms with E-state index in [0.29, 0.717) is 18.2 Å². The fourth-order valence-electron chi connectivity index (χ4n) is 7.00. The molecule has 50 heavy (non-hydrogen) atoms. The highest BCUT2D eigenvalue weighted by molar-refractivity contribution is 6.29. The Bertz CT molecular complexity index is 2610. The zero-order valence-electron chi connectivity index (χ0n) is 27.3. The third-order valence-corrected chi connectivity index (χ3v) is 9.48. The first-order valence-corrected chi connectivity index (χ1v) is 16.9. The Balaban J connectivity index is 1.13. The number of aryl methyl sites for hydroxylation is 1. The van der Waals surface area contributed by atoms with Gasteiger partial charge >= 0.3 is 0 Å². The van der Waals surface area contributed by atoms with Crippen LogP contribution in [-0.4, -0.2) is 11.7 Å². The van der Waals surface area contributed by atoms with E-state index < -0.39 is 0 Å². The summed E-state index contributed by atoms with van der Waals surface area (Å²) in [7, 11) is 0. The van der Waals surface area contributed by atoms with Crippen molar-refractivity contribution in [1.29, 1.82) is 0 Å².